The van der Waals surface area contributed by atoms with Crippen LogP contribution in [0.4, 0.5) is 0 Å². The number of aliphatic hydroxyl groups is 1. The number of rotatable bonds is 8. The van der Waals surface area contributed by atoms with E-state index in [9.17, 15) is 5.11 Å². The Balaban J connectivity index is 1.93. The van der Waals surface area contributed by atoms with Crippen LogP contribution in [-0.2, 0) is 12.0 Å². The smallest absolute Gasteiger partial charge is 0.191 e. The van der Waals surface area contributed by atoms with E-state index in [0.717, 1.165) is 30.9 Å². The standard InChI is InChI=1S/C18H27N3O3/c1-4-10-19-17(20-11-9-15-6-5-12-23-15)21-13-18(3,22)16-8-7-14(2)24-16/h5-8,12,22H,4,9-11,13H2,1-3H3,(H2,19,20,21). The molecule has 0 spiro atoms. The summed E-state index contributed by atoms with van der Waals surface area (Å²) in [4.78, 5) is 4.49. The molecule has 0 aliphatic carbocycles. The molecule has 24 heavy (non-hydrogen) atoms. The van der Waals surface area contributed by atoms with Crippen molar-refractivity contribution in [3.8, 4) is 0 Å². The lowest BCUT2D eigenvalue weighted by atomic mass is 10.0. The van der Waals surface area contributed by atoms with Crippen LogP contribution in [0.3, 0.4) is 0 Å². The van der Waals surface area contributed by atoms with Gasteiger partial charge in [0, 0.05) is 19.5 Å². The van der Waals surface area contributed by atoms with Crippen LogP contribution in [0, 0.1) is 6.92 Å². The summed E-state index contributed by atoms with van der Waals surface area (Å²) >= 11 is 0. The number of nitrogens with zero attached hydrogens (tertiary/aromatic N) is 1. The Hall–Kier alpha value is -2.21. The summed E-state index contributed by atoms with van der Waals surface area (Å²) in [7, 11) is 0. The number of hydrogen-bond acceptors (Lipinski definition) is 4. The Labute approximate surface area is 143 Å². The van der Waals surface area contributed by atoms with Gasteiger partial charge in [-0.1, -0.05) is 6.92 Å². The van der Waals surface area contributed by atoms with Crippen LogP contribution < -0.4 is 10.6 Å². The number of furan rings is 2. The highest BCUT2D eigenvalue weighted by Crippen LogP contribution is 2.22. The molecule has 0 saturated carbocycles. The number of hydrogen-bond donors (Lipinski definition) is 3. The van der Waals surface area contributed by atoms with E-state index in [1.54, 1.807) is 19.3 Å². The van der Waals surface area contributed by atoms with Crippen molar-refractivity contribution in [1.29, 1.82) is 0 Å². The van der Waals surface area contributed by atoms with Gasteiger partial charge in [-0.2, -0.15) is 0 Å². The van der Waals surface area contributed by atoms with Crippen molar-refractivity contribution in [3.05, 3.63) is 47.8 Å². The molecule has 2 aromatic heterocycles. The fraction of sp³-hybridized carbons (Fsp3) is 0.500. The van der Waals surface area contributed by atoms with E-state index in [4.69, 9.17) is 8.83 Å². The monoisotopic (exact) mass is 333 g/mol. The molecular formula is C18H27N3O3. The maximum atomic E-state index is 10.6. The molecular weight excluding hydrogens is 306 g/mol. The Morgan fingerprint density at radius 1 is 1.25 bits per heavy atom. The number of aliphatic imine (C=N–C) groups is 1. The van der Waals surface area contributed by atoms with E-state index in [0.29, 0.717) is 18.3 Å². The molecule has 0 bridgehead atoms. The number of guanidine groups is 1. The molecule has 0 amide bonds. The fourth-order valence-corrected chi connectivity index (χ4v) is 2.21. The van der Waals surface area contributed by atoms with E-state index in [1.165, 1.54) is 0 Å². The van der Waals surface area contributed by atoms with Crippen LogP contribution in [0.2, 0.25) is 0 Å². The van der Waals surface area contributed by atoms with E-state index < -0.39 is 5.60 Å². The zero-order chi connectivity index (χ0) is 17.4. The van der Waals surface area contributed by atoms with Gasteiger partial charge in [0.25, 0.3) is 0 Å². The molecule has 0 fully saturated rings. The zero-order valence-corrected chi connectivity index (χ0v) is 14.6. The van der Waals surface area contributed by atoms with Gasteiger partial charge in [-0.05, 0) is 44.5 Å². The van der Waals surface area contributed by atoms with Crippen molar-refractivity contribution in [2.45, 2.75) is 39.2 Å². The molecule has 6 nitrogen and oxygen atoms in total. The van der Waals surface area contributed by atoms with Crippen LogP contribution >= 0.6 is 0 Å². The quantitative estimate of drug-likeness (QED) is 0.511. The third-order valence-corrected chi connectivity index (χ3v) is 3.60. The van der Waals surface area contributed by atoms with Gasteiger partial charge in [0.1, 0.15) is 22.9 Å². The molecule has 0 aromatic carbocycles. The predicted octanol–water partition coefficient (Wildman–Crippen LogP) is 2.58. The SMILES string of the molecule is CCCNC(=NCC(C)(O)c1ccc(C)o1)NCCc1ccco1. The van der Waals surface area contributed by atoms with Gasteiger partial charge in [-0.25, -0.2) is 4.99 Å². The summed E-state index contributed by atoms with van der Waals surface area (Å²) < 4.78 is 10.8. The van der Waals surface area contributed by atoms with E-state index in [-0.39, 0.29) is 6.54 Å². The van der Waals surface area contributed by atoms with Crippen molar-refractivity contribution in [1.82, 2.24) is 10.6 Å². The molecule has 0 aliphatic heterocycles. The summed E-state index contributed by atoms with van der Waals surface area (Å²) in [6.07, 6.45) is 3.43. The van der Waals surface area contributed by atoms with Gasteiger partial charge in [0.15, 0.2) is 5.96 Å². The van der Waals surface area contributed by atoms with Gasteiger partial charge in [0.05, 0.1) is 12.8 Å². The van der Waals surface area contributed by atoms with Crippen LogP contribution in [0.15, 0.2) is 44.4 Å². The van der Waals surface area contributed by atoms with Crippen LogP contribution in [0.25, 0.3) is 0 Å². The third kappa shape index (κ3) is 5.45. The first-order valence-corrected chi connectivity index (χ1v) is 8.35. The Kier molecular flexibility index (Phi) is 6.49. The fourth-order valence-electron chi connectivity index (χ4n) is 2.21. The molecule has 0 aliphatic rings. The lowest BCUT2D eigenvalue weighted by molar-refractivity contribution is 0.0428. The van der Waals surface area contributed by atoms with E-state index in [2.05, 4.69) is 22.5 Å². The van der Waals surface area contributed by atoms with E-state index >= 15 is 0 Å². The molecule has 6 heteroatoms. The Bertz CT molecular complexity index is 630. The second-order valence-corrected chi connectivity index (χ2v) is 6.03. The van der Waals surface area contributed by atoms with Gasteiger partial charge in [-0.15, -0.1) is 0 Å². The Morgan fingerprint density at radius 3 is 2.67 bits per heavy atom. The Morgan fingerprint density at radius 2 is 2.04 bits per heavy atom. The minimum atomic E-state index is -1.14. The normalized spacial score (nSPS) is 14.4. The van der Waals surface area contributed by atoms with Crippen molar-refractivity contribution in [2.24, 2.45) is 4.99 Å². The average molecular weight is 333 g/mol. The molecule has 3 N–H and O–H groups in total. The van der Waals surface area contributed by atoms with Crippen molar-refractivity contribution in [2.75, 3.05) is 19.6 Å². The number of aryl methyl sites for hydroxylation is 1. The van der Waals surface area contributed by atoms with E-state index in [1.807, 2.05) is 25.1 Å². The van der Waals surface area contributed by atoms with Gasteiger partial charge in [-0.3, -0.25) is 0 Å². The molecule has 1 unspecified atom stereocenters. The summed E-state index contributed by atoms with van der Waals surface area (Å²) in [6, 6.07) is 7.45. The maximum absolute atomic E-state index is 10.6. The topological polar surface area (TPSA) is 82.9 Å². The third-order valence-electron chi connectivity index (χ3n) is 3.60. The molecule has 0 radical (unpaired) electrons. The first kappa shape index (κ1) is 18.1. The minimum Gasteiger partial charge on any atom is -0.469 e. The van der Waals surface area contributed by atoms with Crippen molar-refractivity contribution < 1.29 is 13.9 Å². The van der Waals surface area contributed by atoms with Gasteiger partial charge >= 0.3 is 0 Å². The maximum Gasteiger partial charge on any atom is 0.191 e. The zero-order valence-electron chi connectivity index (χ0n) is 14.6. The summed E-state index contributed by atoms with van der Waals surface area (Å²) in [5, 5.41) is 17.1. The molecule has 2 heterocycles. The van der Waals surface area contributed by atoms with Crippen molar-refractivity contribution in [3.63, 3.8) is 0 Å². The highest BCUT2D eigenvalue weighted by molar-refractivity contribution is 5.79. The molecule has 2 rings (SSSR count). The van der Waals surface area contributed by atoms with Crippen LogP contribution in [-0.4, -0.2) is 30.7 Å². The van der Waals surface area contributed by atoms with Crippen molar-refractivity contribution >= 4 is 5.96 Å². The summed E-state index contributed by atoms with van der Waals surface area (Å²) in [5.74, 6) is 2.90. The lowest BCUT2D eigenvalue weighted by Gasteiger charge is -2.19. The number of nitrogens with one attached hydrogen (secondary N) is 2. The summed E-state index contributed by atoms with van der Waals surface area (Å²) in [5.41, 5.74) is -1.14. The van der Waals surface area contributed by atoms with Gasteiger partial charge < -0.3 is 24.6 Å². The molecule has 1 atom stereocenters. The second-order valence-electron chi connectivity index (χ2n) is 6.03. The summed E-state index contributed by atoms with van der Waals surface area (Å²) in [6.45, 7) is 7.37. The second kappa shape index (κ2) is 8.59. The van der Waals surface area contributed by atoms with Gasteiger partial charge in [0.2, 0.25) is 0 Å². The molecule has 132 valence electrons. The average Bonchev–Trinajstić information content (AvgIpc) is 3.21. The highest BCUT2D eigenvalue weighted by atomic mass is 16.4. The molecule has 2 aromatic rings. The molecule has 0 saturated heterocycles. The first-order chi connectivity index (χ1) is 11.5. The highest BCUT2D eigenvalue weighted by Gasteiger charge is 2.26. The van der Waals surface area contributed by atoms with Crippen LogP contribution in [0.1, 0.15) is 37.5 Å². The lowest BCUT2D eigenvalue weighted by Crippen LogP contribution is -2.40. The predicted molar refractivity (Wildman–Crippen MR) is 94.0 cm³/mol. The minimum absolute atomic E-state index is 0.208. The first-order valence-electron chi connectivity index (χ1n) is 8.35. The largest absolute Gasteiger partial charge is 0.469 e. The van der Waals surface area contributed by atoms with Crippen LogP contribution in [0.5, 0.6) is 0 Å².